The summed E-state index contributed by atoms with van der Waals surface area (Å²) in [5.41, 5.74) is 2.64. The van der Waals surface area contributed by atoms with Gasteiger partial charge in [0.25, 0.3) is 0 Å². The molecule has 5 atom stereocenters. The first kappa shape index (κ1) is 39.8. The SMILES string of the molecule is CSCC[C@H](CC(=O)OCn1nc(C)cc1C)C(=O)N[C@@H](CC(C)C)[C@@H](O)C[C@@H](C)C(=O)N[C@H](C(=O)NCc1ccccc1)C(C)C. The van der Waals surface area contributed by atoms with Crippen LogP contribution in [-0.4, -0.2) is 68.8 Å². The molecule has 2 rings (SSSR count). The molecule has 11 nitrogen and oxygen atoms in total. The van der Waals surface area contributed by atoms with Crippen molar-refractivity contribution in [2.24, 2.45) is 23.7 Å². The second-order valence-corrected chi connectivity index (χ2v) is 14.1. The van der Waals surface area contributed by atoms with Gasteiger partial charge >= 0.3 is 5.97 Å². The third-order valence-corrected chi connectivity index (χ3v) is 8.67. The zero-order valence-electron chi connectivity index (χ0n) is 29.2. The molecule has 0 fully saturated rings. The number of carbonyl (C=O) groups is 4. The molecule has 1 aromatic carbocycles. The van der Waals surface area contributed by atoms with E-state index in [2.05, 4.69) is 21.0 Å². The van der Waals surface area contributed by atoms with E-state index >= 15 is 0 Å². The molecule has 0 saturated carbocycles. The number of aliphatic hydroxyl groups is 1. The zero-order valence-corrected chi connectivity index (χ0v) is 30.1. The Balaban J connectivity index is 2.02. The molecule has 0 spiro atoms. The second kappa shape index (κ2) is 20.1. The van der Waals surface area contributed by atoms with E-state index in [0.29, 0.717) is 25.1 Å². The van der Waals surface area contributed by atoms with Crippen LogP contribution in [0.15, 0.2) is 36.4 Å². The van der Waals surface area contributed by atoms with E-state index in [1.807, 2.05) is 84.2 Å². The molecule has 1 aromatic heterocycles. The minimum atomic E-state index is -1.02. The van der Waals surface area contributed by atoms with E-state index in [4.69, 9.17) is 4.74 Å². The highest BCUT2D eigenvalue weighted by molar-refractivity contribution is 7.98. The van der Waals surface area contributed by atoms with Crippen LogP contribution in [0.4, 0.5) is 0 Å². The first-order valence-electron chi connectivity index (χ1n) is 16.5. The molecule has 4 N–H and O–H groups in total. The number of benzene rings is 1. The third-order valence-electron chi connectivity index (χ3n) is 8.02. The lowest BCUT2D eigenvalue weighted by Gasteiger charge is -2.30. The number of ether oxygens (including phenoxy) is 1. The normalized spacial score (nSPS) is 14.6. The van der Waals surface area contributed by atoms with Crippen molar-refractivity contribution in [2.45, 2.75) is 106 Å². The summed E-state index contributed by atoms with van der Waals surface area (Å²) < 4.78 is 7.03. The Morgan fingerprint density at radius 3 is 2.21 bits per heavy atom. The summed E-state index contributed by atoms with van der Waals surface area (Å²) in [4.78, 5) is 52.5. The van der Waals surface area contributed by atoms with Gasteiger partial charge in [0.05, 0.1) is 24.3 Å². The minimum Gasteiger partial charge on any atom is -0.442 e. The zero-order chi connectivity index (χ0) is 35.1. The largest absolute Gasteiger partial charge is 0.442 e. The fourth-order valence-corrected chi connectivity index (χ4v) is 5.78. The quantitative estimate of drug-likeness (QED) is 0.153. The molecule has 1 heterocycles. The van der Waals surface area contributed by atoms with Crippen molar-refractivity contribution < 1.29 is 29.0 Å². The van der Waals surface area contributed by atoms with Crippen LogP contribution in [0.1, 0.15) is 77.3 Å². The number of hydrogen-bond acceptors (Lipinski definition) is 8. The molecular formula is C35H55N5O6S. The van der Waals surface area contributed by atoms with Crippen molar-refractivity contribution in [1.29, 1.82) is 0 Å². The summed E-state index contributed by atoms with van der Waals surface area (Å²) in [5.74, 6) is -2.07. The third kappa shape index (κ3) is 14.1. The van der Waals surface area contributed by atoms with Crippen molar-refractivity contribution >= 4 is 35.5 Å². The number of aromatic nitrogens is 2. The van der Waals surface area contributed by atoms with Crippen LogP contribution in [0.25, 0.3) is 0 Å². The van der Waals surface area contributed by atoms with Gasteiger partial charge in [0.1, 0.15) is 6.04 Å². The van der Waals surface area contributed by atoms with Gasteiger partial charge in [-0.05, 0) is 68.6 Å². The highest BCUT2D eigenvalue weighted by Crippen LogP contribution is 2.20. The van der Waals surface area contributed by atoms with Gasteiger partial charge in [-0.25, -0.2) is 4.68 Å². The minimum absolute atomic E-state index is 0.0314. The van der Waals surface area contributed by atoms with Crippen molar-refractivity contribution in [3.05, 3.63) is 53.3 Å². The number of rotatable bonds is 20. The molecule has 0 aliphatic carbocycles. The Bertz CT molecular complexity index is 1280. The lowest BCUT2D eigenvalue weighted by Crippen LogP contribution is -2.52. The number of esters is 1. The van der Waals surface area contributed by atoms with Crippen LogP contribution in [-0.2, 0) is 37.2 Å². The number of aryl methyl sites for hydroxylation is 2. The van der Waals surface area contributed by atoms with Crippen LogP contribution in [0.3, 0.4) is 0 Å². The number of amides is 3. The predicted octanol–water partition coefficient (Wildman–Crippen LogP) is 4.14. The Labute approximate surface area is 284 Å². The second-order valence-electron chi connectivity index (χ2n) is 13.1. The molecule has 262 valence electrons. The van der Waals surface area contributed by atoms with Gasteiger partial charge in [0, 0.05) is 24.1 Å². The number of thioether (sulfide) groups is 1. The molecule has 47 heavy (non-hydrogen) atoms. The maximum Gasteiger partial charge on any atom is 0.308 e. The lowest BCUT2D eigenvalue weighted by molar-refractivity contribution is -0.151. The van der Waals surface area contributed by atoms with Gasteiger partial charge < -0.3 is 25.8 Å². The van der Waals surface area contributed by atoms with E-state index in [0.717, 1.165) is 17.0 Å². The van der Waals surface area contributed by atoms with Crippen LogP contribution < -0.4 is 16.0 Å². The number of aliphatic hydroxyl groups excluding tert-OH is 1. The summed E-state index contributed by atoms with van der Waals surface area (Å²) in [5, 5.41) is 24.3. The number of nitrogens with one attached hydrogen (secondary N) is 3. The standard InChI is InChI=1S/C35H55N5O6S/c1-22(2)16-29(37-34(44)28(14-15-47-8)19-31(42)46-21-40-26(7)18-25(6)39-40)30(41)17-24(5)33(43)38-32(23(3)4)35(45)36-20-27-12-10-9-11-13-27/h9-13,18,22-24,28-30,32,41H,14-17,19-21H2,1-8H3,(H,36,45)(H,37,44)(H,38,43)/t24-,28-,29+,30+,32+/m1/s1. The Morgan fingerprint density at radius 1 is 0.957 bits per heavy atom. The molecule has 0 aliphatic rings. The van der Waals surface area contributed by atoms with Gasteiger partial charge in [-0.3, -0.25) is 19.2 Å². The molecular weight excluding hydrogens is 618 g/mol. The summed E-state index contributed by atoms with van der Waals surface area (Å²) in [7, 11) is 0. The van der Waals surface area contributed by atoms with Crippen molar-refractivity contribution in [2.75, 3.05) is 12.0 Å². The average molecular weight is 674 g/mol. The first-order valence-corrected chi connectivity index (χ1v) is 17.9. The van der Waals surface area contributed by atoms with E-state index < -0.39 is 36.0 Å². The monoisotopic (exact) mass is 673 g/mol. The topological polar surface area (TPSA) is 152 Å². The summed E-state index contributed by atoms with van der Waals surface area (Å²) in [6, 6.07) is 10.1. The van der Waals surface area contributed by atoms with Gasteiger partial charge in [-0.1, -0.05) is 65.0 Å². The smallest absolute Gasteiger partial charge is 0.308 e. The van der Waals surface area contributed by atoms with Gasteiger partial charge in [-0.15, -0.1) is 0 Å². The molecule has 2 aromatic rings. The van der Waals surface area contributed by atoms with E-state index in [-0.39, 0.29) is 49.1 Å². The summed E-state index contributed by atoms with van der Waals surface area (Å²) in [6.45, 7) is 13.5. The molecule has 3 amide bonds. The Hall–Kier alpha value is -3.38. The van der Waals surface area contributed by atoms with Crippen LogP contribution in [0.2, 0.25) is 0 Å². The molecule has 0 saturated heterocycles. The summed E-state index contributed by atoms with van der Waals surface area (Å²) in [6.07, 6.45) is 1.84. The maximum atomic E-state index is 13.5. The van der Waals surface area contributed by atoms with Gasteiger partial charge in [0.2, 0.25) is 17.7 Å². The van der Waals surface area contributed by atoms with Gasteiger partial charge in [0.15, 0.2) is 6.73 Å². The Kier molecular flexibility index (Phi) is 17.0. The summed E-state index contributed by atoms with van der Waals surface area (Å²) >= 11 is 1.58. The maximum absolute atomic E-state index is 13.5. The molecule has 12 heteroatoms. The predicted molar refractivity (Wildman–Crippen MR) is 185 cm³/mol. The number of nitrogens with zero attached hydrogens (tertiary/aromatic N) is 2. The highest BCUT2D eigenvalue weighted by Gasteiger charge is 2.32. The van der Waals surface area contributed by atoms with Crippen LogP contribution in [0, 0.1) is 37.5 Å². The average Bonchev–Trinajstić information content (AvgIpc) is 3.35. The molecule has 0 radical (unpaired) electrons. The number of hydrogen-bond donors (Lipinski definition) is 4. The van der Waals surface area contributed by atoms with E-state index in [1.165, 1.54) is 0 Å². The fraction of sp³-hybridized carbons (Fsp3) is 0.629. The van der Waals surface area contributed by atoms with Crippen molar-refractivity contribution in [3.63, 3.8) is 0 Å². The highest BCUT2D eigenvalue weighted by atomic mass is 32.2. The van der Waals surface area contributed by atoms with Crippen molar-refractivity contribution in [1.82, 2.24) is 25.7 Å². The fourth-order valence-electron chi connectivity index (χ4n) is 5.26. The van der Waals surface area contributed by atoms with Gasteiger partial charge in [-0.2, -0.15) is 16.9 Å². The van der Waals surface area contributed by atoms with E-state index in [9.17, 15) is 24.3 Å². The van der Waals surface area contributed by atoms with Crippen LogP contribution >= 0.6 is 11.8 Å². The molecule has 0 unspecified atom stereocenters. The molecule has 0 aliphatic heterocycles. The van der Waals surface area contributed by atoms with Crippen molar-refractivity contribution in [3.8, 4) is 0 Å². The van der Waals surface area contributed by atoms with E-state index in [1.54, 1.807) is 23.4 Å². The Morgan fingerprint density at radius 2 is 1.64 bits per heavy atom. The first-order chi connectivity index (χ1) is 22.2. The lowest BCUT2D eigenvalue weighted by atomic mass is 9.91. The van der Waals surface area contributed by atoms with Crippen LogP contribution in [0.5, 0.6) is 0 Å². The number of carbonyl (C=O) groups excluding carboxylic acids is 4. The molecule has 0 bridgehead atoms.